The number of carbonyl (C=O) groups is 2. The number of anilines is 1. The number of benzene rings is 3. The van der Waals surface area contributed by atoms with Crippen molar-refractivity contribution in [3.05, 3.63) is 101 Å². The van der Waals surface area contributed by atoms with Gasteiger partial charge in [0.25, 0.3) is 5.91 Å². The molecule has 0 spiro atoms. The normalized spacial score (nSPS) is 10.6. The molecule has 0 saturated carbocycles. The molecular formula is C26H23ClN4O2. The zero-order chi connectivity index (χ0) is 23.4. The number of nitrogens with one attached hydrogen (secondary N) is 1. The van der Waals surface area contributed by atoms with Gasteiger partial charge >= 0.3 is 0 Å². The minimum Gasteiger partial charge on any atom is -0.337 e. The molecule has 0 unspecified atom stereocenters. The molecule has 1 N–H and O–H groups in total. The van der Waals surface area contributed by atoms with E-state index in [-0.39, 0.29) is 11.8 Å². The SMILES string of the molecule is CC(=O)Nc1cccc(C(=O)N(C)Cc2cn(-c3ccccc3)nc2-c2ccc(Cl)cc2)c1. The van der Waals surface area contributed by atoms with E-state index < -0.39 is 0 Å². The predicted octanol–water partition coefficient (Wildman–Crippen LogP) is 5.42. The Balaban J connectivity index is 1.65. The van der Waals surface area contributed by atoms with Gasteiger partial charge in [0.2, 0.25) is 5.91 Å². The average Bonchev–Trinajstić information content (AvgIpc) is 3.23. The van der Waals surface area contributed by atoms with Gasteiger partial charge in [0.1, 0.15) is 0 Å². The second-order valence-electron chi connectivity index (χ2n) is 7.71. The van der Waals surface area contributed by atoms with E-state index in [0.717, 1.165) is 22.5 Å². The zero-order valence-corrected chi connectivity index (χ0v) is 19.1. The lowest BCUT2D eigenvalue weighted by atomic mass is 10.1. The molecule has 4 aromatic rings. The van der Waals surface area contributed by atoms with Crippen LogP contribution in [0.5, 0.6) is 0 Å². The first kappa shape index (κ1) is 22.3. The largest absolute Gasteiger partial charge is 0.337 e. The number of hydrogen-bond donors (Lipinski definition) is 1. The molecule has 0 fully saturated rings. The van der Waals surface area contributed by atoms with Crippen LogP contribution in [-0.2, 0) is 11.3 Å². The van der Waals surface area contributed by atoms with Crippen molar-refractivity contribution in [1.29, 1.82) is 0 Å². The van der Waals surface area contributed by atoms with Crippen molar-refractivity contribution < 1.29 is 9.59 Å². The minimum absolute atomic E-state index is 0.156. The summed E-state index contributed by atoms with van der Waals surface area (Å²) in [5.74, 6) is -0.342. The summed E-state index contributed by atoms with van der Waals surface area (Å²) in [6, 6.07) is 24.2. The van der Waals surface area contributed by atoms with Crippen LogP contribution in [0, 0.1) is 0 Å². The molecular weight excluding hydrogens is 436 g/mol. The van der Waals surface area contributed by atoms with Crippen LogP contribution in [0.15, 0.2) is 85.1 Å². The van der Waals surface area contributed by atoms with Crippen LogP contribution in [0.1, 0.15) is 22.8 Å². The fourth-order valence-corrected chi connectivity index (χ4v) is 3.70. The lowest BCUT2D eigenvalue weighted by Crippen LogP contribution is -2.26. The number of nitrogens with zero attached hydrogens (tertiary/aromatic N) is 3. The van der Waals surface area contributed by atoms with E-state index in [1.165, 1.54) is 6.92 Å². The third-order valence-electron chi connectivity index (χ3n) is 5.11. The van der Waals surface area contributed by atoms with E-state index in [1.54, 1.807) is 36.2 Å². The maximum absolute atomic E-state index is 13.1. The molecule has 0 saturated heterocycles. The van der Waals surface area contributed by atoms with Crippen molar-refractivity contribution in [1.82, 2.24) is 14.7 Å². The molecule has 2 amide bonds. The molecule has 7 heteroatoms. The van der Waals surface area contributed by atoms with Gasteiger partial charge in [-0.05, 0) is 42.5 Å². The van der Waals surface area contributed by atoms with Crippen LogP contribution >= 0.6 is 11.6 Å². The predicted molar refractivity (Wildman–Crippen MR) is 131 cm³/mol. The van der Waals surface area contributed by atoms with E-state index in [1.807, 2.05) is 65.5 Å². The number of aromatic nitrogens is 2. The molecule has 1 aromatic heterocycles. The molecule has 0 radical (unpaired) electrons. The lowest BCUT2D eigenvalue weighted by Gasteiger charge is -2.18. The topological polar surface area (TPSA) is 67.2 Å². The zero-order valence-electron chi connectivity index (χ0n) is 18.3. The van der Waals surface area contributed by atoms with Gasteiger partial charge in [0.05, 0.1) is 11.4 Å². The highest BCUT2D eigenvalue weighted by molar-refractivity contribution is 6.30. The van der Waals surface area contributed by atoms with E-state index in [2.05, 4.69) is 5.32 Å². The standard InChI is InChI=1S/C26H23ClN4O2/c1-18(32)28-23-8-6-7-20(15-23)26(33)30(2)16-21-17-31(24-9-4-3-5-10-24)29-25(21)19-11-13-22(27)14-12-19/h3-15,17H,16H2,1-2H3,(H,28,32). The summed E-state index contributed by atoms with van der Waals surface area (Å²) in [6.07, 6.45) is 1.94. The maximum atomic E-state index is 13.1. The molecule has 4 rings (SSSR count). The Bertz CT molecular complexity index is 1280. The lowest BCUT2D eigenvalue weighted by molar-refractivity contribution is -0.114. The Morgan fingerprint density at radius 3 is 2.42 bits per heavy atom. The van der Waals surface area contributed by atoms with Crippen LogP contribution < -0.4 is 5.32 Å². The molecule has 0 aliphatic heterocycles. The van der Waals surface area contributed by atoms with Gasteiger partial charge in [-0.3, -0.25) is 9.59 Å². The molecule has 0 atom stereocenters. The minimum atomic E-state index is -0.186. The first-order chi connectivity index (χ1) is 15.9. The van der Waals surface area contributed by atoms with E-state index in [0.29, 0.717) is 22.8 Å². The Morgan fingerprint density at radius 1 is 1.00 bits per heavy atom. The number of rotatable bonds is 6. The van der Waals surface area contributed by atoms with Crippen molar-refractivity contribution in [2.45, 2.75) is 13.5 Å². The van der Waals surface area contributed by atoms with Crippen LogP contribution in [0.25, 0.3) is 16.9 Å². The molecule has 166 valence electrons. The van der Waals surface area contributed by atoms with Crippen molar-refractivity contribution >= 4 is 29.1 Å². The highest BCUT2D eigenvalue weighted by Gasteiger charge is 2.18. The number of amides is 2. The number of carbonyl (C=O) groups excluding carboxylic acids is 2. The van der Waals surface area contributed by atoms with Crippen LogP contribution in [0.2, 0.25) is 5.02 Å². The van der Waals surface area contributed by atoms with Gasteiger partial charge in [-0.25, -0.2) is 4.68 Å². The average molecular weight is 459 g/mol. The molecule has 6 nitrogen and oxygen atoms in total. The summed E-state index contributed by atoms with van der Waals surface area (Å²) in [6.45, 7) is 1.79. The van der Waals surface area contributed by atoms with Gasteiger partial charge in [0, 0.05) is 54.1 Å². The second kappa shape index (κ2) is 9.71. The maximum Gasteiger partial charge on any atom is 0.253 e. The third kappa shape index (κ3) is 5.30. The van der Waals surface area contributed by atoms with Gasteiger partial charge in [-0.2, -0.15) is 5.10 Å². The Kier molecular flexibility index (Phi) is 6.56. The molecule has 1 heterocycles. The Labute approximate surface area is 197 Å². The highest BCUT2D eigenvalue weighted by Crippen LogP contribution is 2.26. The first-order valence-corrected chi connectivity index (χ1v) is 10.8. The van der Waals surface area contributed by atoms with Crippen molar-refractivity contribution in [3.63, 3.8) is 0 Å². The van der Waals surface area contributed by atoms with Crippen molar-refractivity contribution in [2.24, 2.45) is 0 Å². The molecule has 3 aromatic carbocycles. The fourth-order valence-electron chi connectivity index (χ4n) is 3.57. The summed E-state index contributed by atoms with van der Waals surface area (Å²) < 4.78 is 1.81. The fraction of sp³-hybridized carbons (Fsp3) is 0.115. The van der Waals surface area contributed by atoms with E-state index in [9.17, 15) is 9.59 Å². The summed E-state index contributed by atoms with van der Waals surface area (Å²) in [5, 5.41) is 8.16. The van der Waals surface area contributed by atoms with Gasteiger partial charge < -0.3 is 10.2 Å². The van der Waals surface area contributed by atoms with E-state index >= 15 is 0 Å². The summed E-state index contributed by atoms with van der Waals surface area (Å²) in [4.78, 5) is 26.1. The second-order valence-corrected chi connectivity index (χ2v) is 8.15. The van der Waals surface area contributed by atoms with Crippen molar-refractivity contribution in [3.8, 4) is 16.9 Å². The van der Waals surface area contributed by atoms with Crippen molar-refractivity contribution in [2.75, 3.05) is 12.4 Å². The van der Waals surface area contributed by atoms with Crippen LogP contribution in [0.4, 0.5) is 5.69 Å². The molecule has 0 aliphatic rings. The van der Waals surface area contributed by atoms with E-state index in [4.69, 9.17) is 16.7 Å². The molecule has 0 aliphatic carbocycles. The first-order valence-electron chi connectivity index (χ1n) is 10.4. The third-order valence-corrected chi connectivity index (χ3v) is 5.36. The van der Waals surface area contributed by atoms with Gasteiger partial charge in [-0.1, -0.05) is 48.0 Å². The van der Waals surface area contributed by atoms with Crippen LogP contribution in [0.3, 0.4) is 0 Å². The molecule has 33 heavy (non-hydrogen) atoms. The summed E-state index contributed by atoms with van der Waals surface area (Å²) in [7, 11) is 1.75. The monoisotopic (exact) mass is 458 g/mol. The smallest absolute Gasteiger partial charge is 0.253 e. The quantitative estimate of drug-likeness (QED) is 0.419. The Morgan fingerprint density at radius 2 is 1.73 bits per heavy atom. The number of para-hydroxylation sites is 1. The Hall–Kier alpha value is -3.90. The molecule has 0 bridgehead atoms. The summed E-state index contributed by atoms with van der Waals surface area (Å²) in [5.41, 5.74) is 4.60. The van der Waals surface area contributed by atoms with Crippen LogP contribution in [-0.4, -0.2) is 33.5 Å². The highest BCUT2D eigenvalue weighted by atomic mass is 35.5. The number of halogens is 1. The van der Waals surface area contributed by atoms with Gasteiger partial charge in [0.15, 0.2) is 0 Å². The van der Waals surface area contributed by atoms with Gasteiger partial charge in [-0.15, -0.1) is 0 Å². The summed E-state index contributed by atoms with van der Waals surface area (Å²) >= 11 is 6.07. The number of hydrogen-bond acceptors (Lipinski definition) is 3.